The first-order valence-corrected chi connectivity index (χ1v) is 1.08. The van der Waals surface area contributed by atoms with Crippen LogP contribution in [-0.4, -0.2) is 19.1 Å². The average Bonchev–Trinajstić information content (AvgIpc) is 1.33. The molecule has 0 fully saturated rings. The van der Waals surface area contributed by atoms with Crippen molar-refractivity contribution in [1.29, 1.82) is 0 Å². The van der Waals surface area contributed by atoms with Gasteiger partial charge in [-0.05, 0) is 0 Å². The van der Waals surface area contributed by atoms with Crippen LogP contribution in [0, 0.1) is 0 Å². The van der Waals surface area contributed by atoms with E-state index < -0.39 is 7.54 Å². The van der Waals surface area contributed by atoms with E-state index in [0.717, 1.165) is 0 Å². The quantitative estimate of drug-likeness (QED) is 0.283. The number of hydrogen-bond acceptors (Lipinski definition) is 1. The van der Waals surface area contributed by atoms with Gasteiger partial charge in [-0.25, -0.2) is 0 Å². The van der Waals surface area contributed by atoms with Gasteiger partial charge in [-0.2, -0.15) is 0 Å². The van der Waals surface area contributed by atoms with Gasteiger partial charge in [0, 0.05) is 0 Å². The Balaban J connectivity index is -0.0000000575. The standard InChI is InChI=1S/CHO2.BF3.Li/c2-1-3;2-1(3)4;/h(H,2,3);;/q-1;;+1. The third kappa shape index (κ3) is 23800. The molecule has 0 radical (unpaired) electrons. The molecule has 42 valence electrons. The Morgan fingerprint density at radius 2 is 1.38 bits per heavy atom. The molecule has 0 aromatic rings. The molecule has 8 heavy (non-hydrogen) atoms. The van der Waals surface area contributed by atoms with Crippen LogP contribution in [0.5, 0.6) is 0 Å². The topological polar surface area (TPSA) is 37.3 Å². The fourth-order valence-corrected chi connectivity index (χ4v) is 0. The second-order valence-corrected chi connectivity index (χ2v) is 0.339. The molecule has 0 unspecified atom stereocenters. The van der Waals surface area contributed by atoms with Crippen LogP contribution in [0.4, 0.5) is 12.9 Å². The van der Waals surface area contributed by atoms with E-state index >= 15 is 0 Å². The number of rotatable bonds is 0. The first-order chi connectivity index (χ1) is 3.15. The number of aliphatic hydroxyl groups excluding tert-OH is 1. The van der Waals surface area contributed by atoms with Gasteiger partial charge < -0.3 is 9.90 Å². The van der Waals surface area contributed by atoms with Crippen LogP contribution in [0.15, 0.2) is 0 Å². The van der Waals surface area contributed by atoms with Crippen LogP contribution in [-0.2, 0) is 4.79 Å². The van der Waals surface area contributed by atoms with E-state index in [1.54, 1.807) is 0 Å². The summed E-state index contributed by atoms with van der Waals surface area (Å²) in [6.07, 6.45) is 0. The molecule has 0 bridgehead atoms. The molecule has 0 aromatic carbocycles. The van der Waals surface area contributed by atoms with Gasteiger partial charge in [0.1, 0.15) is 0 Å². The zero-order chi connectivity index (χ0) is 6.28. The van der Waals surface area contributed by atoms with Gasteiger partial charge in [0.2, 0.25) is 0 Å². The van der Waals surface area contributed by atoms with Crippen molar-refractivity contribution in [3.8, 4) is 0 Å². The molecule has 0 aliphatic heterocycles. The number of hydrogen-bond donors (Lipinski definition) is 1. The molecule has 0 heterocycles. The Morgan fingerprint density at radius 1 is 1.38 bits per heavy atom. The van der Waals surface area contributed by atoms with Gasteiger partial charge in [0.05, 0.1) is 0 Å². The van der Waals surface area contributed by atoms with Crippen LogP contribution in [0.3, 0.4) is 0 Å². The van der Waals surface area contributed by atoms with E-state index in [2.05, 4.69) is 0 Å². The van der Waals surface area contributed by atoms with Crippen LogP contribution in [0.2, 0.25) is 0 Å². The zero-order valence-electron chi connectivity index (χ0n) is 4.07. The first kappa shape index (κ1) is 15.7. The fraction of sp³-hybridized carbons (Fsp3) is 0. The Bertz CT molecular complexity index is 41.5. The zero-order valence-corrected chi connectivity index (χ0v) is 4.07. The molecular weight excluding hydrogens is 119 g/mol. The predicted molar refractivity (Wildman–Crippen MR) is 17.4 cm³/mol. The summed E-state index contributed by atoms with van der Waals surface area (Å²) in [5, 5.41) is 6.76. The van der Waals surface area contributed by atoms with Gasteiger partial charge in [-0.1, -0.05) is 6.47 Å². The summed E-state index contributed by atoms with van der Waals surface area (Å²) in [7, 11) is -3.67. The Morgan fingerprint density at radius 3 is 1.38 bits per heavy atom. The molecule has 0 aliphatic rings. The summed E-state index contributed by atoms with van der Waals surface area (Å²) in [6, 6.07) is 0. The van der Waals surface area contributed by atoms with Crippen molar-refractivity contribution in [3.63, 3.8) is 0 Å². The van der Waals surface area contributed by atoms with Crippen molar-refractivity contribution in [2.75, 3.05) is 0 Å². The molecule has 1 N–H and O–H groups in total. The SMILES string of the molecule is FB(F)F.O=[C-]O.[Li+]. The average molecular weight is 120 g/mol. The minimum absolute atomic E-state index is 0. The van der Waals surface area contributed by atoms with E-state index in [0.29, 0.717) is 6.47 Å². The minimum Gasteiger partial charge on any atom is -0.665 e. The molecule has 2 nitrogen and oxygen atoms in total. The maximum atomic E-state index is 9.67. The molecule has 0 saturated carbocycles. The van der Waals surface area contributed by atoms with Gasteiger partial charge >= 0.3 is 26.4 Å². The van der Waals surface area contributed by atoms with E-state index in [1.807, 2.05) is 0 Å². The molecule has 0 amide bonds. The number of halogens is 3. The Labute approximate surface area is 56.5 Å². The van der Waals surface area contributed by atoms with E-state index in [-0.39, 0.29) is 18.9 Å². The van der Waals surface area contributed by atoms with Crippen molar-refractivity contribution >= 4 is 14.0 Å². The fourth-order valence-electron chi connectivity index (χ4n) is 0. The van der Waals surface area contributed by atoms with Gasteiger partial charge in [-0.15, -0.1) is 0 Å². The third-order valence-electron chi connectivity index (χ3n) is 0. The second-order valence-electron chi connectivity index (χ2n) is 0.339. The van der Waals surface area contributed by atoms with Crippen LogP contribution >= 0.6 is 0 Å². The molecule has 0 rings (SSSR count). The molecule has 0 aromatic heterocycles. The molecular formula is CHBF3LiO2. The van der Waals surface area contributed by atoms with Crippen molar-refractivity contribution < 1.29 is 41.7 Å². The normalized spacial score (nSPS) is 4.88. The van der Waals surface area contributed by atoms with Crippen molar-refractivity contribution in [3.05, 3.63) is 0 Å². The van der Waals surface area contributed by atoms with E-state index in [4.69, 9.17) is 9.90 Å². The monoisotopic (exact) mass is 120 g/mol. The van der Waals surface area contributed by atoms with Crippen molar-refractivity contribution in [2.24, 2.45) is 0 Å². The summed E-state index contributed by atoms with van der Waals surface area (Å²) >= 11 is 0. The van der Waals surface area contributed by atoms with Crippen molar-refractivity contribution in [1.82, 2.24) is 0 Å². The molecule has 0 atom stereocenters. The largest absolute Gasteiger partial charge is 1.00 e. The summed E-state index contributed by atoms with van der Waals surface area (Å²) in [5.74, 6) is 0. The second kappa shape index (κ2) is 15.8. The Kier molecular flexibility index (Phi) is 30.9. The van der Waals surface area contributed by atoms with Gasteiger partial charge in [0.25, 0.3) is 0 Å². The molecule has 0 saturated heterocycles. The molecule has 0 aliphatic carbocycles. The maximum Gasteiger partial charge on any atom is 1.00 e. The predicted octanol–water partition coefficient (Wildman–Crippen LogP) is -2.50. The molecule has 7 heteroatoms. The summed E-state index contributed by atoms with van der Waals surface area (Å²) in [4.78, 5) is 8.24. The Hall–Kier alpha value is -0.0777. The maximum absolute atomic E-state index is 9.67. The first-order valence-electron chi connectivity index (χ1n) is 1.08. The minimum atomic E-state index is -3.67. The van der Waals surface area contributed by atoms with Gasteiger partial charge in [0.15, 0.2) is 0 Å². The summed E-state index contributed by atoms with van der Waals surface area (Å²) in [5.41, 5.74) is 0. The van der Waals surface area contributed by atoms with Crippen molar-refractivity contribution in [2.45, 2.75) is 0 Å². The van der Waals surface area contributed by atoms with Gasteiger partial charge in [-0.3, -0.25) is 12.9 Å². The van der Waals surface area contributed by atoms with E-state index in [1.165, 1.54) is 0 Å². The third-order valence-corrected chi connectivity index (χ3v) is 0. The summed E-state index contributed by atoms with van der Waals surface area (Å²) < 4.78 is 29.0. The molecule has 0 spiro atoms. The van der Waals surface area contributed by atoms with Crippen LogP contribution in [0.1, 0.15) is 0 Å². The van der Waals surface area contributed by atoms with Crippen LogP contribution < -0.4 is 18.9 Å². The smallest absolute Gasteiger partial charge is 0.665 e. The van der Waals surface area contributed by atoms with Crippen LogP contribution in [0.25, 0.3) is 0 Å². The van der Waals surface area contributed by atoms with E-state index in [9.17, 15) is 12.9 Å². The summed E-state index contributed by atoms with van der Waals surface area (Å²) in [6.45, 7) is 0.500.